The fraction of sp³-hybridized carbons (Fsp3) is 0.308. The lowest BCUT2D eigenvalue weighted by atomic mass is 10.1. The summed E-state index contributed by atoms with van der Waals surface area (Å²) in [5.74, 6) is -0.546. The van der Waals surface area contributed by atoms with Gasteiger partial charge in [0, 0.05) is 12.7 Å². The first-order valence-electron chi connectivity index (χ1n) is 5.80. The standard InChI is InChI=1S/C13H13N3O3/c1-8-13(18)16(12(17)5-6-14)10-7-9(15-2)3-4-11(10)19-8/h3-4,7-8,15H,5H2,1-2H3. The van der Waals surface area contributed by atoms with Crippen molar-refractivity contribution in [1.82, 2.24) is 0 Å². The lowest BCUT2D eigenvalue weighted by Gasteiger charge is -2.31. The Balaban J connectivity index is 2.50. The minimum absolute atomic E-state index is 0.346. The van der Waals surface area contributed by atoms with Crippen LogP contribution in [0.15, 0.2) is 18.2 Å². The molecule has 2 amide bonds. The Kier molecular flexibility index (Phi) is 3.38. The molecule has 6 heteroatoms. The number of fused-ring (bicyclic) bond motifs is 1. The lowest BCUT2D eigenvalue weighted by Crippen LogP contribution is -2.47. The van der Waals surface area contributed by atoms with Gasteiger partial charge in [0.05, 0.1) is 11.8 Å². The minimum Gasteiger partial charge on any atom is -0.479 e. The van der Waals surface area contributed by atoms with E-state index in [-0.39, 0.29) is 6.42 Å². The number of carbonyl (C=O) groups is 2. The van der Waals surface area contributed by atoms with Gasteiger partial charge in [-0.1, -0.05) is 0 Å². The van der Waals surface area contributed by atoms with Crippen LogP contribution in [-0.4, -0.2) is 25.0 Å². The zero-order valence-corrected chi connectivity index (χ0v) is 10.6. The number of nitrogens with one attached hydrogen (secondary N) is 1. The molecule has 0 spiro atoms. The van der Waals surface area contributed by atoms with E-state index >= 15 is 0 Å². The van der Waals surface area contributed by atoms with Gasteiger partial charge in [-0.05, 0) is 25.1 Å². The predicted molar refractivity (Wildman–Crippen MR) is 68.8 cm³/mol. The van der Waals surface area contributed by atoms with Gasteiger partial charge in [0.15, 0.2) is 6.10 Å². The molecule has 1 atom stereocenters. The van der Waals surface area contributed by atoms with Gasteiger partial charge in [0.1, 0.15) is 12.2 Å². The SMILES string of the molecule is CNc1ccc2c(c1)N(C(=O)CC#N)C(=O)C(C)O2. The van der Waals surface area contributed by atoms with E-state index in [1.807, 2.05) is 0 Å². The number of imide groups is 1. The van der Waals surface area contributed by atoms with Crippen molar-refractivity contribution in [3.63, 3.8) is 0 Å². The van der Waals surface area contributed by atoms with Crippen LogP contribution < -0.4 is 15.0 Å². The van der Waals surface area contributed by atoms with Crippen LogP contribution in [0.3, 0.4) is 0 Å². The Bertz CT molecular complexity index is 577. The van der Waals surface area contributed by atoms with Crippen molar-refractivity contribution >= 4 is 23.2 Å². The zero-order chi connectivity index (χ0) is 14.0. The number of ether oxygens (including phenoxy) is 1. The van der Waals surface area contributed by atoms with Crippen molar-refractivity contribution in [2.24, 2.45) is 0 Å². The highest BCUT2D eigenvalue weighted by molar-refractivity contribution is 6.18. The van der Waals surface area contributed by atoms with Gasteiger partial charge < -0.3 is 10.1 Å². The van der Waals surface area contributed by atoms with E-state index in [0.29, 0.717) is 11.4 Å². The van der Waals surface area contributed by atoms with Crippen LogP contribution in [0.2, 0.25) is 0 Å². The molecule has 2 rings (SSSR count). The molecule has 19 heavy (non-hydrogen) atoms. The number of amides is 2. The lowest BCUT2D eigenvalue weighted by molar-refractivity contribution is -0.131. The number of hydrogen-bond acceptors (Lipinski definition) is 5. The third-order valence-electron chi connectivity index (χ3n) is 2.84. The molecule has 1 N–H and O–H groups in total. The van der Waals surface area contributed by atoms with Crippen LogP contribution >= 0.6 is 0 Å². The van der Waals surface area contributed by atoms with Gasteiger partial charge in [-0.3, -0.25) is 9.59 Å². The van der Waals surface area contributed by atoms with Crippen LogP contribution in [-0.2, 0) is 9.59 Å². The molecule has 0 bridgehead atoms. The predicted octanol–water partition coefficient (Wildman–Crippen LogP) is 1.28. The smallest absolute Gasteiger partial charge is 0.274 e. The number of nitriles is 1. The van der Waals surface area contributed by atoms with Crippen molar-refractivity contribution in [2.45, 2.75) is 19.4 Å². The Morgan fingerprint density at radius 1 is 1.58 bits per heavy atom. The van der Waals surface area contributed by atoms with E-state index in [2.05, 4.69) is 5.32 Å². The second-order valence-corrected chi connectivity index (χ2v) is 4.09. The first kappa shape index (κ1) is 12.9. The Labute approximate surface area is 110 Å². The maximum absolute atomic E-state index is 12.1. The number of rotatable bonds is 2. The van der Waals surface area contributed by atoms with Gasteiger partial charge in [-0.15, -0.1) is 0 Å². The molecule has 98 valence electrons. The van der Waals surface area contributed by atoms with E-state index < -0.39 is 17.9 Å². The summed E-state index contributed by atoms with van der Waals surface area (Å²) in [4.78, 5) is 25.0. The summed E-state index contributed by atoms with van der Waals surface area (Å²) in [6.45, 7) is 1.57. The summed E-state index contributed by atoms with van der Waals surface area (Å²) < 4.78 is 5.45. The molecule has 1 aromatic carbocycles. The van der Waals surface area contributed by atoms with Gasteiger partial charge in [-0.25, -0.2) is 4.90 Å². The van der Waals surface area contributed by atoms with Crippen LogP contribution in [0, 0.1) is 11.3 Å². The second kappa shape index (κ2) is 4.98. The summed E-state index contributed by atoms with van der Waals surface area (Å²) in [6.07, 6.45) is -1.09. The number of nitrogens with zero attached hydrogens (tertiary/aromatic N) is 2. The molecule has 0 saturated heterocycles. The minimum atomic E-state index is -0.740. The zero-order valence-electron chi connectivity index (χ0n) is 10.6. The molecule has 1 heterocycles. The second-order valence-electron chi connectivity index (χ2n) is 4.09. The largest absolute Gasteiger partial charge is 0.479 e. The van der Waals surface area contributed by atoms with E-state index in [9.17, 15) is 9.59 Å². The van der Waals surface area contributed by atoms with Crippen molar-refractivity contribution in [2.75, 3.05) is 17.3 Å². The number of carbonyl (C=O) groups excluding carboxylic acids is 2. The first-order valence-corrected chi connectivity index (χ1v) is 5.80. The maximum atomic E-state index is 12.1. The van der Waals surface area contributed by atoms with Crippen LogP contribution in [0.25, 0.3) is 0 Å². The maximum Gasteiger partial charge on any atom is 0.274 e. The van der Waals surface area contributed by atoms with Crippen molar-refractivity contribution in [3.05, 3.63) is 18.2 Å². The molecule has 0 saturated carbocycles. The van der Waals surface area contributed by atoms with E-state index in [4.69, 9.17) is 10.00 Å². The Morgan fingerprint density at radius 2 is 2.32 bits per heavy atom. The molecule has 6 nitrogen and oxygen atoms in total. The van der Waals surface area contributed by atoms with Crippen LogP contribution in [0.4, 0.5) is 11.4 Å². The Morgan fingerprint density at radius 3 is 2.95 bits per heavy atom. The summed E-state index contributed by atoms with van der Waals surface area (Å²) in [6, 6.07) is 6.88. The van der Waals surface area contributed by atoms with Gasteiger partial charge in [0.25, 0.3) is 5.91 Å². The molecule has 0 aromatic heterocycles. The van der Waals surface area contributed by atoms with Crippen molar-refractivity contribution in [3.8, 4) is 11.8 Å². The topological polar surface area (TPSA) is 82.4 Å². The van der Waals surface area contributed by atoms with Gasteiger partial charge in [-0.2, -0.15) is 5.26 Å². The fourth-order valence-corrected chi connectivity index (χ4v) is 1.89. The third kappa shape index (κ3) is 2.22. The quantitative estimate of drug-likeness (QED) is 0.865. The van der Waals surface area contributed by atoms with Crippen LogP contribution in [0.1, 0.15) is 13.3 Å². The highest BCUT2D eigenvalue weighted by atomic mass is 16.5. The summed E-state index contributed by atoms with van der Waals surface area (Å²) in [7, 11) is 1.73. The molecular weight excluding hydrogens is 246 g/mol. The first-order chi connectivity index (χ1) is 9.08. The highest BCUT2D eigenvalue weighted by Gasteiger charge is 2.35. The molecule has 0 aliphatic carbocycles. The number of anilines is 2. The summed E-state index contributed by atoms with van der Waals surface area (Å²) in [5.41, 5.74) is 1.12. The average molecular weight is 259 g/mol. The molecule has 1 aliphatic heterocycles. The number of benzene rings is 1. The highest BCUT2D eigenvalue weighted by Crippen LogP contribution is 2.36. The third-order valence-corrected chi connectivity index (χ3v) is 2.84. The average Bonchev–Trinajstić information content (AvgIpc) is 2.40. The summed E-state index contributed by atoms with van der Waals surface area (Å²) in [5, 5.41) is 11.5. The number of hydrogen-bond donors (Lipinski definition) is 1. The summed E-state index contributed by atoms with van der Waals surface area (Å²) >= 11 is 0. The normalized spacial score (nSPS) is 17.2. The molecule has 1 aliphatic rings. The molecule has 0 radical (unpaired) electrons. The van der Waals surface area contributed by atoms with Gasteiger partial charge in [0.2, 0.25) is 5.91 Å². The monoisotopic (exact) mass is 259 g/mol. The van der Waals surface area contributed by atoms with E-state index in [1.54, 1.807) is 38.2 Å². The van der Waals surface area contributed by atoms with E-state index in [0.717, 1.165) is 10.6 Å². The molecular formula is C13H13N3O3. The van der Waals surface area contributed by atoms with Gasteiger partial charge >= 0.3 is 0 Å². The van der Waals surface area contributed by atoms with E-state index in [1.165, 1.54) is 0 Å². The van der Waals surface area contributed by atoms with Crippen molar-refractivity contribution in [1.29, 1.82) is 5.26 Å². The molecule has 1 aromatic rings. The van der Waals surface area contributed by atoms with Crippen molar-refractivity contribution < 1.29 is 14.3 Å². The Hall–Kier alpha value is -2.55. The molecule has 1 unspecified atom stereocenters. The fourth-order valence-electron chi connectivity index (χ4n) is 1.89. The molecule has 0 fully saturated rings. The van der Waals surface area contributed by atoms with Crippen LogP contribution in [0.5, 0.6) is 5.75 Å².